The highest BCUT2D eigenvalue weighted by Crippen LogP contribution is 2.27. The highest BCUT2D eigenvalue weighted by molar-refractivity contribution is 8.76. The van der Waals surface area contributed by atoms with Gasteiger partial charge in [0.2, 0.25) is 5.91 Å². The Morgan fingerprint density at radius 3 is 1.96 bits per heavy atom. The number of rotatable bonds is 19. The minimum absolute atomic E-state index is 0.170. The van der Waals surface area contributed by atoms with Gasteiger partial charge < -0.3 is 5.32 Å². The molecular formula is C22H38N2OS3. The van der Waals surface area contributed by atoms with Crippen molar-refractivity contribution in [1.29, 1.82) is 0 Å². The number of unbranched alkanes of at least 4 members (excludes halogenated alkanes) is 12. The van der Waals surface area contributed by atoms with Crippen LogP contribution in [-0.4, -0.2) is 22.5 Å². The fraction of sp³-hybridized carbons (Fsp3) is 0.727. The minimum Gasteiger partial charge on any atom is -0.346 e. The molecular weight excluding hydrogens is 404 g/mol. The molecule has 0 aliphatic rings. The maximum Gasteiger partial charge on any atom is 0.220 e. The van der Waals surface area contributed by atoms with Crippen molar-refractivity contribution in [2.75, 3.05) is 11.6 Å². The molecule has 1 aromatic heterocycles. The number of amides is 1. The number of pyridine rings is 1. The average Bonchev–Trinajstić information content (AvgIpc) is 2.72. The van der Waals surface area contributed by atoms with Crippen molar-refractivity contribution in [2.45, 2.75) is 94.9 Å². The summed E-state index contributed by atoms with van der Waals surface area (Å²) in [6.07, 6.45) is 19.5. The summed E-state index contributed by atoms with van der Waals surface area (Å²) in [7, 11) is 3.22. The zero-order chi connectivity index (χ0) is 20.1. The van der Waals surface area contributed by atoms with Gasteiger partial charge in [0.25, 0.3) is 0 Å². The first-order valence-electron chi connectivity index (χ1n) is 10.9. The van der Waals surface area contributed by atoms with Crippen molar-refractivity contribution in [3.63, 3.8) is 0 Å². The van der Waals surface area contributed by atoms with Crippen LogP contribution in [0.1, 0.15) is 89.9 Å². The van der Waals surface area contributed by atoms with Crippen molar-refractivity contribution in [2.24, 2.45) is 0 Å². The maximum absolute atomic E-state index is 11.8. The number of hydrogen-bond acceptors (Lipinski definition) is 5. The second kappa shape index (κ2) is 20.0. The van der Waals surface area contributed by atoms with Crippen LogP contribution < -0.4 is 5.32 Å². The van der Waals surface area contributed by atoms with E-state index in [9.17, 15) is 4.79 Å². The third-order valence-electron chi connectivity index (χ3n) is 4.67. The van der Waals surface area contributed by atoms with E-state index in [0.29, 0.717) is 12.3 Å². The molecule has 28 heavy (non-hydrogen) atoms. The van der Waals surface area contributed by atoms with Crippen molar-refractivity contribution >= 4 is 40.1 Å². The number of carbonyl (C=O) groups is 1. The van der Waals surface area contributed by atoms with E-state index in [1.165, 1.54) is 77.0 Å². The average molecular weight is 443 g/mol. The fourth-order valence-electron chi connectivity index (χ4n) is 3.03. The standard InChI is InChI=1S/C22H38N2OS3/c25-21(24-20-27-28-22-17-13-14-18-23-22)16-12-10-8-6-4-2-1-3-5-7-9-11-15-19-26/h13-14,17-18,26H,1-12,15-16,19-20H2,(H,24,25). The number of nitrogens with zero attached hydrogens (tertiary/aromatic N) is 1. The van der Waals surface area contributed by atoms with E-state index in [2.05, 4.69) is 22.9 Å². The topological polar surface area (TPSA) is 42.0 Å². The second-order valence-electron chi connectivity index (χ2n) is 7.18. The normalized spacial score (nSPS) is 10.9. The molecule has 1 heterocycles. The van der Waals surface area contributed by atoms with Gasteiger partial charge in [0.15, 0.2) is 0 Å². The second-order valence-corrected chi connectivity index (χ2v) is 9.95. The molecule has 1 amide bonds. The van der Waals surface area contributed by atoms with Gasteiger partial charge in [-0.15, -0.1) is 0 Å². The zero-order valence-corrected chi connectivity index (χ0v) is 19.8. The van der Waals surface area contributed by atoms with Crippen LogP contribution in [0, 0.1) is 0 Å². The predicted molar refractivity (Wildman–Crippen MR) is 129 cm³/mol. The molecule has 1 N–H and O–H groups in total. The van der Waals surface area contributed by atoms with Gasteiger partial charge in [0, 0.05) is 12.6 Å². The number of hydrogen-bond donors (Lipinski definition) is 2. The summed E-state index contributed by atoms with van der Waals surface area (Å²) in [5.74, 6) is 1.84. The number of carbonyl (C=O) groups excluding carboxylic acids is 1. The molecule has 0 saturated heterocycles. The van der Waals surface area contributed by atoms with Gasteiger partial charge in [-0.3, -0.25) is 4.79 Å². The summed E-state index contributed by atoms with van der Waals surface area (Å²) < 4.78 is 0. The number of thiol groups is 1. The van der Waals surface area contributed by atoms with Crippen LogP contribution in [0.15, 0.2) is 29.4 Å². The highest BCUT2D eigenvalue weighted by Gasteiger charge is 2.01. The van der Waals surface area contributed by atoms with E-state index in [1.54, 1.807) is 27.8 Å². The lowest BCUT2D eigenvalue weighted by molar-refractivity contribution is -0.120. The molecule has 1 aromatic rings. The molecule has 0 radical (unpaired) electrons. The summed E-state index contributed by atoms with van der Waals surface area (Å²) in [6.45, 7) is 0. The Bertz CT molecular complexity index is 474. The van der Waals surface area contributed by atoms with Crippen LogP contribution in [0.4, 0.5) is 0 Å². The number of aromatic nitrogens is 1. The lowest BCUT2D eigenvalue weighted by Gasteiger charge is -2.05. The van der Waals surface area contributed by atoms with Crippen molar-refractivity contribution in [3.8, 4) is 0 Å². The van der Waals surface area contributed by atoms with E-state index in [0.717, 1.165) is 17.2 Å². The van der Waals surface area contributed by atoms with Gasteiger partial charge in [-0.1, -0.05) is 87.5 Å². The third-order valence-corrected chi connectivity index (χ3v) is 7.00. The summed E-state index contributed by atoms with van der Waals surface area (Å²) >= 11 is 4.25. The molecule has 160 valence electrons. The Balaban J connectivity index is 1.76. The van der Waals surface area contributed by atoms with E-state index in [1.807, 2.05) is 18.2 Å². The van der Waals surface area contributed by atoms with E-state index in [-0.39, 0.29) is 5.91 Å². The molecule has 0 aliphatic heterocycles. The van der Waals surface area contributed by atoms with Crippen LogP contribution in [0.5, 0.6) is 0 Å². The van der Waals surface area contributed by atoms with E-state index in [4.69, 9.17) is 0 Å². The van der Waals surface area contributed by atoms with Gasteiger partial charge in [-0.25, -0.2) is 4.98 Å². The first kappa shape index (κ1) is 25.7. The smallest absolute Gasteiger partial charge is 0.220 e. The molecule has 6 heteroatoms. The SMILES string of the molecule is O=C(CCCCCCCCCCCCCCCS)NCSSc1ccccn1. The van der Waals surface area contributed by atoms with Gasteiger partial charge in [-0.2, -0.15) is 12.6 Å². The lowest BCUT2D eigenvalue weighted by atomic mass is 10.0. The van der Waals surface area contributed by atoms with Gasteiger partial charge in [0.05, 0.1) is 5.88 Å². The summed E-state index contributed by atoms with van der Waals surface area (Å²) in [4.78, 5) is 16.1. The highest BCUT2D eigenvalue weighted by atomic mass is 33.1. The Labute approximate surface area is 185 Å². The molecule has 0 atom stereocenters. The van der Waals surface area contributed by atoms with Crippen LogP contribution in [-0.2, 0) is 4.79 Å². The Hall–Kier alpha value is -0.330. The first-order valence-corrected chi connectivity index (χ1v) is 13.9. The van der Waals surface area contributed by atoms with E-state index < -0.39 is 0 Å². The molecule has 0 spiro atoms. The van der Waals surface area contributed by atoms with Gasteiger partial charge >= 0.3 is 0 Å². The van der Waals surface area contributed by atoms with Crippen molar-refractivity contribution in [3.05, 3.63) is 24.4 Å². The molecule has 0 aromatic carbocycles. The Morgan fingerprint density at radius 2 is 1.43 bits per heavy atom. The van der Waals surface area contributed by atoms with E-state index >= 15 is 0 Å². The summed E-state index contributed by atoms with van der Waals surface area (Å²) in [5.41, 5.74) is 0. The molecule has 0 unspecified atom stereocenters. The summed E-state index contributed by atoms with van der Waals surface area (Å²) in [5, 5.41) is 3.95. The first-order chi connectivity index (χ1) is 13.8. The van der Waals surface area contributed by atoms with Crippen LogP contribution in [0.2, 0.25) is 0 Å². The van der Waals surface area contributed by atoms with Crippen LogP contribution in [0.3, 0.4) is 0 Å². The quantitative estimate of drug-likeness (QED) is 0.102. The minimum atomic E-state index is 0.170. The number of nitrogens with one attached hydrogen (secondary N) is 1. The molecule has 0 bridgehead atoms. The third kappa shape index (κ3) is 16.6. The zero-order valence-electron chi connectivity index (χ0n) is 17.2. The Kier molecular flexibility index (Phi) is 18.3. The van der Waals surface area contributed by atoms with Gasteiger partial charge in [0.1, 0.15) is 5.03 Å². The maximum atomic E-state index is 11.8. The predicted octanol–water partition coefficient (Wildman–Crippen LogP) is 7.29. The monoisotopic (exact) mass is 442 g/mol. The molecule has 3 nitrogen and oxygen atoms in total. The van der Waals surface area contributed by atoms with Crippen molar-refractivity contribution in [1.82, 2.24) is 10.3 Å². The van der Waals surface area contributed by atoms with Crippen LogP contribution in [0.25, 0.3) is 0 Å². The summed E-state index contributed by atoms with van der Waals surface area (Å²) in [6, 6.07) is 5.86. The Morgan fingerprint density at radius 1 is 0.857 bits per heavy atom. The van der Waals surface area contributed by atoms with Crippen molar-refractivity contribution < 1.29 is 4.79 Å². The molecule has 0 saturated carbocycles. The van der Waals surface area contributed by atoms with Gasteiger partial charge in [-0.05, 0) is 41.5 Å². The van der Waals surface area contributed by atoms with Crippen LogP contribution >= 0.6 is 34.2 Å². The fourth-order valence-corrected chi connectivity index (χ4v) is 4.90. The molecule has 0 fully saturated rings. The molecule has 0 aliphatic carbocycles. The molecule has 1 rings (SSSR count). The largest absolute Gasteiger partial charge is 0.346 e. The lowest BCUT2D eigenvalue weighted by Crippen LogP contribution is -2.21.